The lowest BCUT2D eigenvalue weighted by Crippen LogP contribution is -2.10. The molecule has 0 radical (unpaired) electrons. The van der Waals surface area contributed by atoms with Crippen molar-refractivity contribution in [2.24, 2.45) is 10.2 Å². The number of hydrogen-bond acceptors (Lipinski definition) is 7. The molecule has 0 aliphatic heterocycles. The first-order valence-corrected chi connectivity index (χ1v) is 7.33. The van der Waals surface area contributed by atoms with Crippen LogP contribution in [-0.4, -0.2) is 24.3 Å². The van der Waals surface area contributed by atoms with E-state index in [0.29, 0.717) is 10.8 Å². The third-order valence-corrected chi connectivity index (χ3v) is 3.99. The van der Waals surface area contributed by atoms with Crippen molar-refractivity contribution in [2.45, 2.75) is 26.2 Å². The van der Waals surface area contributed by atoms with Crippen molar-refractivity contribution in [3.05, 3.63) is 23.2 Å². The summed E-state index contributed by atoms with van der Waals surface area (Å²) >= 11 is 1.38. The van der Waals surface area contributed by atoms with Crippen LogP contribution in [0.25, 0.3) is 0 Å². The van der Waals surface area contributed by atoms with E-state index in [1.807, 2.05) is 25.1 Å². The molecule has 21 heavy (non-hydrogen) atoms. The Morgan fingerprint density at radius 3 is 2.38 bits per heavy atom. The SMILES string of the molecule is CN(C)c1ccc(N=Nc2nnc(C(C)(C)C)s2)c([O-])c1. The Morgan fingerprint density at radius 2 is 1.86 bits per heavy atom. The summed E-state index contributed by atoms with van der Waals surface area (Å²) in [5.74, 6) is -0.162. The van der Waals surface area contributed by atoms with Gasteiger partial charge in [-0.1, -0.05) is 37.9 Å². The number of rotatable bonds is 3. The smallest absolute Gasteiger partial charge is 0.251 e. The molecule has 0 saturated carbocycles. The van der Waals surface area contributed by atoms with Crippen molar-refractivity contribution in [3.63, 3.8) is 0 Å². The van der Waals surface area contributed by atoms with Crippen LogP contribution in [0.2, 0.25) is 0 Å². The molecule has 6 nitrogen and oxygen atoms in total. The molecule has 0 N–H and O–H groups in total. The lowest BCUT2D eigenvalue weighted by Gasteiger charge is -2.16. The van der Waals surface area contributed by atoms with E-state index in [2.05, 4.69) is 41.2 Å². The van der Waals surface area contributed by atoms with Crippen LogP contribution >= 0.6 is 11.3 Å². The maximum atomic E-state index is 11.9. The van der Waals surface area contributed by atoms with E-state index < -0.39 is 0 Å². The Hall–Kier alpha value is -2.02. The number of benzene rings is 1. The van der Waals surface area contributed by atoms with Crippen molar-refractivity contribution in [1.82, 2.24) is 10.2 Å². The van der Waals surface area contributed by atoms with Gasteiger partial charge in [-0.05, 0) is 18.2 Å². The summed E-state index contributed by atoms with van der Waals surface area (Å²) in [6, 6.07) is 5.03. The van der Waals surface area contributed by atoms with E-state index >= 15 is 0 Å². The first kappa shape index (κ1) is 15.4. The fraction of sp³-hybridized carbons (Fsp3) is 0.429. The Labute approximate surface area is 128 Å². The first-order valence-electron chi connectivity index (χ1n) is 6.51. The number of anilines is 1. The highest BCUT2D eigenvalue weighted by molar-refractivity contribution is 7.15. The van der Waals surface area contributed by atoms with Gasteiger partial charge < -0.3 is 10.0 Å². The average Bonchev–Trinajstić information content (AvgIpc) is 2.85. The zero-order valence-electron chi connectivity index (χ0n) is 12.8. The Kier molecular flexibility index (Phi) is 4.22. The number of hydrogen-bond donors (Lipinski definition) is 0. The summed E-state index contributed by atoms with van der Waals surface area (Å²) in [5.41, 5.74) is 1.07. The van der Waals surface area contributed by atoms with E-state index in [-0.39, 0.29) is 11.2 Å². The second-order valence-electron chi connectivity index (χ2n) is 5.89. The summed E-state index contributed by atoms with van der Waals surface area (Å²) in [7, 11) is 3.76. The van der Waals surface area contributed by atoms with Crippen LogP contribution in [0, 0.1) is 0 Å². The van der Waals surface area contributed by atoms with Crippen molar-refractivity contribution >= 4 is 27.8 Å². The van der Waals surface area contributed by atoms with Crippen LogP contribution < -0.4 is 10.0 Å². The molecule has 7 heteroatoms. The van der Waals surface area contributed by atoms with Gasteiger partial charge in [0.25, 0.3) is 5.13 Å². The summed E-state index contributed by atoms with van der Waals surface area (Å²) in [6.45, 7) is 6.18. The van der Waals surface area contributed by atoms with Gasteiger partial charge >= 0.3 is 0 Å². The van der Waals surface area contributed by atoms with Gasteiger partial charge in [0.2, 0.25) is 0 Å². The minimum atomic E-state index is -0.162. The fourth-order valence-corrected chi connectivity index (χ4v) is 2.24. The lowest BCUT2D eigenvalue weighted by molar-refractivity contribution is -0.267. The van der Waals surface area contributed by atoms with Gasteiger partial charge in [-0.2, -0.15) is 0 Å². The average molecular weight is 304 g/mol. The molecular formula is C14H18N5OS-. The van der Waals surface area contributed by atoms with Crippen LogP contribution in [0.3, 0.4) is 0 Å². The van der Waals surface area contributed by atoms with Gasteiger partial charge in [-0.25, -0.2) is 0 Å². The summed E-state index contributed by atoms with van der Waals surface area (Å²) in [4.78, 5) is 1.86. The molecule has 0 bridgehead atoms. The summed E-state index contributed by atoms with van der Waals surface area (Å²) in [5, 5.41) is 29.3. The summed E-state index contributed by atoms with van der Waals surface area (Å²) in [6.07, 6.45) is 0. The molecule has 0 atom stereocenters. The Morgan fingerprint density at radius 1 is 1.14 bits per heavy atom. The fourth-order valence-electron chi connectivity index (χ4n) is 1.52. The highest BCUT2D eigenvalue weighted by Crippen LogP contribution is 2.32. The third kappa shape index (κ3) is 3.75. The molecule has 0 aliphatic rings. The number of aromatic nitrogens is 2. The number of nitrogens with zero attached hydrogens (tertiary/aromatic N) is 5. The highest BCUT2D eigenvalue weighted by atomic mass is 32.1. The highest BCUT2D eigenvalue weighted by Gasteiger charge is 2.19. The molecule has 2 aromatic rings. The summed E-state index contributed by atoms with van der Waals surface area (Å²) < 4.78 is 0. The number of azo groups is 1. The second-order valence-corrected chi connectivity index (χ2v) is 6.84. The molecule has 0 amide bonds. The lowest BCUT2D eigenvalue weighted by atomic mass is 9.98. The molecule has 0 spiro atoms. The van der Waals surface area contributed by atoms with Crippen molar-refractivity contribution in [1.29, 1.82) is 0 Å². The van der Waals surface area contributed by atoms with E-state index in [9.17, 15) is 5.11 Å². The third-order valence-electron chi connectivity index (χ3n) is 2.76. The van der Waals surface area contributed by atoms with Crippen LogP contribution in [-0.2, 0) is 5.41 Å². The molecule has 0 aliphatic carbocycles. The van der Waals surface area contributed by atoms with Gasteiger partial charge in [0, 0.05) is 25.2 Å². The van der Waals surface area contributed by atoms with Crippen LogP contribution in [0.5, 0.6) is 5.75 Å². The zero-order chi connectivity index (χ0) is 15.6. The second kappa shape index (κ2) is 5.77. The standard InChI is InChI=1S/C14H19N5OS/c1-14(2,3)12-16-18-13(21-12)17-15-10-7-6-9(19(4)5)8-11(10)20/h6-8,20H,1-5H3/p-1. The van der Waals surface area contributed by atoms with E-state index in [0.717, 1.165) is 10.7 Å². The van der Waals surface area contributed by atoms with Gasteiger partial charge in [0.15, 0.2) is 0 Å². The predicted octanol–water partition coefficient (Wildman–Crippen LogP) is 3.39. The largest absolute Gasteiger partial charge is 0.871 e. The monoisotopic (exact) mass is 304 g/mol. The molecular weight excluding hydrogens is 286 g/mol. The van der Waals surface area contributed by atoms with Crippen molar-refractivity contribution in [2.75, 3.05) is 19.0 Å². The maximum absolute atomic E-state index is 11.9. The molecule has 2 rings (SSSR count). The van der Waals surface area contributed by atoms with E-state index in [1.54, 1.807) is 6.07 Å². The van der Waals surface area contributed by atoms with Crippen LogP contribution in [0.15, 0.2) is 28.4 Å². The minimum absolute atomic E-state index is 0.0670. The molecule has 0 unspecified atom stereocenters. The maximum Gasteiger partial charge on any atom is 0.251 e. The molecule has 1 aromatic carbocycles. The van der Waals surface area contributed by atoms with Gasteiger partial charge in [0.05, 0.1) is 5.69 Å². The van der Waals surface area contributed by atoms with E-state index in [4.69, 9.17) is 0 Å². The van der Waals surface area contributed by atoms with Crippen molar-refractivity contribution in [3.8, 4) is 5.75 Å². The molecule has 112 valence electrons. The van der Waals surface area contributed by atoms with Crippen LogP contribution in [0.4, 0.5) is 16.5 Å². The topological polar surface area (TPSA) is 76.8 Å². The van der Waals surface area contributed by atoms with Crippen molar-refractivity contribution < 1.29 is 5.11 Å². The van der Waals surface area contributed by atoms with Gasteiger partial charge in [-0.3, -0.25) is 0 Å². The molecule has 1 heterocycles. The Bertz CT molecular complexity index is 658. The molecule has 0 saturated heterocycles. The minimum Gasteiger partial charge on any atom is -0.871 e. The van der Waals surface area contributed by atoms with Gasteiger partial charge in [0.1, 0.15) is 5.01 Å². The predicted molar refractivity (Wildman–Crippen MR) is 83.0 cm³/mol. The van der Waals surface area contributed by atoms with Gasteiger partial charge in [-0.15, -0.1) is 20.4 Å². The van der Waals surface area contributed by atoms with E-state index in [1.165, 1.54) is 17.4 Å². The first-order chi connectivity index (χ1) is 9.77. The van der Waals surface area contributed by atoms with Crippen LogP contribution in [0.1, 0.15) is 25.8 Å². The normalized spacial score (nSPS) is 12.0. The zero-order valence-corrected chi connectivity index (χ0v) is 13.6. The molecule has 0 fully saturated rings. The molecule has 1 aromatic heterocycles. The Balaban J connectivity index is 2.20. The quantitative estimate of drug-likeness (QED) is 0.814.